The van der Waals surface area contributed by atoms with Gasteiger partial charge in [0.25, 0.3) is 0 Å². The molecule has 0 saturated carbocycles. The van der Waals surface area contributed by atoms with E-state index in [9.17, 15) is 0 Å². The summed E-state index contributed by atoms with van der Waals surface area (Å²) in [7, 11) is 0. The highest BCUT2D eigenvalue weighted by molar-refractivity contribution is 6.16. The van der Waals surface area contributed by atoms with Crippen LogP contribution in [0.2, 0.25) is 0 Å². The van der Waals surface area contributed by atoms with Crippen LogP contribution in [0.25, 0.3) is 59.8 Å². The fourth-order valence-electron chi connectivity index (χ4n) is 5.35. The lowest BCUT2D eigenvalue weighted by Crippen LogP contribution is -1.96. The van der Waals surface area contributed by atoms with Crippen LogP contribution in [-0.2, 0) is 0 Å². The maximum atomic E-state index is 7.49. The first-order chi connectivity index (χ1) is 16.8. The molecule has 0 amide bonds. The van der Waals surface area contributed by atoms with E-state index in [1.165, 1.54) is 32.6 Å². The van der Waals surface area contributed by atoms with Gasteiger partial charge in [0.2, 0.25) is 0 Å². The van der Waals surface area contributed by atoms with Crippen molar-refractivity contribution in [2.45, 2.75) is 0 Å². The molecule has 0 spiro atoms. The molecule has 0 atom stereocenters. The minimum absolute atomic E-state index is 0.641. The maximum absolute atomic E-state index is 7.49. The molecule has 0 aliphatic heterocycles. The monoisotopic (exact) mass is 433 g/mol. The smallest absolute Gasteiger partial charge is 0.189 e. The summed E-state index contributed by atoms with van der Waals surface area (Å²) in [5.41, 5.74) is 7.45. The molecule has 158 valence electrons. The van der Waals surface area contributed by atoms with Crippen molar-refractivity contribution < 1.29 is 0 Å². The van der Waals surface area contributed by atoms with Crippen LogP contribution in [0, 0.1) is 6.57 Å². The molecule has 2 heterocycles. The highest BCUT2D eigenvalue weighted by atomic mass is 15.0. The number of fused-ring (bicyclic) bond motifs is 6. The molecule has 2 aromatic heterocycles. The Labute approximate surface area is 196 Å². The molecule has 0 unspecified atom stereocenters. The van der Waals surface area contributed by atoms with E-state index in [2.05, 4.69) is 111 Å². The zero-order valence-electron chi connectivity index (χ0n) is 18.3. The van der Waals surface area contributed by atoms with Gasteiger partial charge in [-0.15, -0.1) is 0 Å². The van der Waals surface area contributed by atoms with Crippen LogP contribution < -0.4 is 0 Å². The molecule has 34 heavy (non-hydrogen) atoms. The van der Waals surface area contributed by atoms with Crippen LogP contribution >= 0.6 is 0 Å². The maximum Gasteiger partial charge on any atom is 0.189 e. The van der Waals surface area contributed by atoms with E-state index in [1.807, 2.05) is 18.2 Å². The van der Waals surface area contributed by atoms with Gasteiger partial charge in [0.1, 0.15) is 0 Å². The lowest BCUT2D eigenvalue weighted by Gasteiger charge is -2.11. The van der Waals surface area contributed by atoms with Gasteiger partial charge in [-0.25, -0.2) is 4.85 Å². The van der Waals surface area contributed by atoms with E-state index in [0.717, 1.165) is 22.4 Å². The van der Waals surface area contributed by atoms with Gasteiger partial charge in [-0.1, -0.05) is 72.8 Å². The number of para-hydroxylation sites is 3. The Balaban J connectivity index is 1.67. The number of aromatic nitrogens is 2. The van der Waals surface area contributed by atoms with Crippen LogP contribution in [0.15, 0.2) is 115 Å². The number of benzene rings is 5. The minimum Gasteiger partial charge on any atom is -0.310 e. The van der Waals surface area contributed by atoms with Gasteiger partial charge in [-0.3, -0.25) is 0 Å². The number of hydrogen-bond acceptors (Lipinski definition) is 0. The van der Waals surface area contributed by atoms with Crippen LogP contribution in [0.5, 0.6) is 0 Å². The van der Waals surface area contributed by atoms with Gasteiger partial charge >= 0.3 is 0 Å². The van der Waals surface area contributed by atoms with E-state index in [0.29, 0.717) is 5.69 Å². The van der Waals surface area contributed by atoms with Crippen LogP contribution in [0.4, 0.5) is 5.69 Å². The van der Waals surface area contributed by atoms with E-state index < -0.39 is 0 Å². The lowest BCUT2D eigenvalue weighted by atomic mass is 10.1. The van der Waals surface area contributed by atoms with Crippen molar-refractivity contribution in [2.75, 3.05) is 0 Å². The van der Waals surface area contributed by atoms with Gasteiger partial charge in [0.15, 0.2) is 5.69 Å². The third-order valence-electron chi connectivity index (χ3n) is 6.71. The molecule has 7 aromatic rings. The summed E-state index contributed by atoms with van der Waals surface area (Å²) in [6, 6.07) is 40.2. The molecule has 0 radical (unpaired) electrons. The van der Waals surface area contributed by atoms with Crippen molar-refractivity contribution >= 4 is 49.3 Å². The molecule has 7 rings (SSSR count). The van der Waals surface area contributed by atoms with Crippen molar-refractivity contribution in [3.63, 3.8) is 0 Å². The van der Waals surface area contributed by atoms with E-state index in [4.69, 9.17) is 6.57 Å². The Morgan fingerprint density at radius 2 is 1.06 bits per heavy atom. The van der Waals surface area contributed by atoms with Crippen LogP contribution in [-0.4, -0.2) is 9.13 Å². The first-order valence-electron chi connectivity index (χ1n) is 11.3. The fourth-order valence-corrected chi connectivity index (χ4v) is 5.35. The molecule has 3 heteroatoms. The Hall–Kier alpha value is -4.81. The lowest BCUT2D eigenvalue weighted by molar-refractivity contribution is 1.17. The summed E-state index contributed by atoms with van der Waals surface area (Å²) in [5, 5.41) is 4.91. The second-order valence-corrected chi connectivity index (χ2v) is 8.53. The summed E-state index contributed by atoms with van der Waals surface area (Å²) >= 11 is 0. The van der Waals surface area contributed by atoms with Crippen molar-refractivity contribution in [3.8, 4) is 11.4 Å². The second-order valence-electron chi connectivity index (χ2n) is 8.53. The topological polar surface area (TPSA) is 14.2 Å². The van der Waals surface area contributed by atoms with Crippen molar-refractivity contribution in [1.29, 1.82) is 0 Å². The molecule has 5 aromatic carbocycles. The highest BCUT2D eigenvalue weighted by Gasteiger charge is 2.19. The zero-order chi connectivity index (χ0) is 22.6. The Morgan fingerprint density at radius 3 is 1.74 bits per heavy atom. The van der Waals surface area contributed by atoms with Gasteiger partial charge < -0.3 is 9.13 Å². The van der Waals surface area contributed by atoms with Gasteiger partial charge in [-0.05, 0) is 42.5 Å². The normalized spacial score (nSPS) is 11.5. The highest BCUT2D eigenvalue weighted by Crippen LogP contribution is 2.39. The third-order valence-corrected chi connectivity index (χ3v) is 6.71. The van der Waals surface area contributed by atoms with E-state index in [-0.39, 0.29) is 0 Å². The van der Waals surface area contributed by atoms with Crippen molar-refractivity contribution in [1.82, 2.24) is 9.13 Å². The van der Waals surface area contributed by atoms with Crippen LogP contribution in [0.1, 0.15) is 0 Å². The number of nitrogens with zero attached hydrogens (tertiary/aromatic N) is 3. The number of hydrogen-bond donors (Lipinski definition) is 0. The Morgan fingerprint density at radius 1 is 0.500 bits per heavy atom. The Bertz CT molecular complexity index is 1870. The number of rotatable bonds is 2. The summed E-state index contributed by atoms with van der Waals surface area (Å²) in [6.45, 7) is 7.49. The summed E-state index contributed by atoms with van der Waals surface area (Å²) < 4.78 is 4.66. The Kier molecular flexibility index (Phi) is 3.91. The molecule has 0 saturated heterocycles. The average molecular weight is 434 g/mol. The van der Waals surface area contributed by atoms with E-state index in [1.54, 1.807) is 0 Å². The van der Waals surface area contributed by atoms with Crippen LogP contribution in [0.3, 0.4) is 0 Å². The quantitative estimate of drug-likeness (QED) is 0.243. The van der Waals surface area contributed by atoms with Gasteiger partial charge in [0.05, 0.1) is 34.3 Å². The molecular formula is C31H19N3. The molecule has 3 nitrogen and oxygen atoms in total. The molecule has 0 fully saturated rings. The van der Waals surface area contributed by atoms with Gasteiger partial charge in [0, 0.05) is 27.2 Å². The standard InChI is InChI=1S/C31H19N3/c1-32-21-10-8-11-22(20-21)33-28-17-7-4-14-25(28)31-29(33)18-9-19-30(31)34-26-15-5-2-12-23(26)24-13-3-6-16-27(24)34/h2-20H. The first kappa shape index (κ1) is 18.7. The van der Waals surface area contributed by atoms with E-state index >= 15 is 0 Å². The summed E-state index contributed by atoms with van der Waals surface area (Å²) in [5.74, 6) is 0. The molecule has 0 aliphatic rings. The molecule has 0 N–H and O–H groups in total. The van der Waals surface area contributed by atoms with Crippen molar-refractivity contribution in [3.05, 3.63) is 127 Å². The SMILES string of the molecule is [C-]#[N+]c1cccc(-n2c3ccccc3c3c(-n4c5ccccc5c5ccccc54)cccc32)c1. The third kappa shape index (κ3) is 2.51. The molecular weight excluding hydrogens is 414 g/mol. The second kappa shape index (κ2) is 7.10. The largest absolute Gasteiger partial charge is 0.310 e. The van der Waals surface area contributed by atoms with Crippen molar-refractivity contribution in [2.24, 2.45) is 0 Å². The first-order valence-corrected chi connectivity index (χ1v) is 11.3. The zero-order valence-corrected chi connectivity index (χ0v) is 18.3. The van der Waals surface area contributed by atoms with Gasteiger partial charge in [-0.2, -0.15) is 0 Å². The predicted molar refractivity (Wildman–Crippen MR) is 141 cm³/mol. The fraction of sp³-hybridized carbons (Fsp3) is 0. The molecule has 0 bridgehead atoms. The minimum atomic E-state index is 0.641. The predicted octanol–water partition coefficient (Wildman–Crippen LogP) is 8.43. The summed E-state index contributed by atoms with van der Waals surface area (Å²) in [6.07, 6.45) is 0. The average Bonchev–Trinajstić information content (AvgIpc) is 3.42. The molecule has 0 aliphatic carbocycles. The summed E-state index contributed by atoms with van der Waals surface area (Å²) in [4.78, 5) is 3.66.